The van der Waals surface area contributed by atoms with Crippen molar-refractivity contribution in [2.75, 3.05) is 5.32 Å². The van der Waals surface area contributed by atoms with Crippen LogP contribution < -0.4 is 10.6 Å². The van der Waals surface area contributed by atoms with Crippen molar-refractivity contribution in [2.45, 2.75) is 25.9 Å². The molecule has 1 amide bonds. The summed E-state index contributed by atoms with van der Waals surface area (Å²) in [5.41, 5.74) is 1.30. The van der Waals surface area contributed by atoms with E-state index in [4.69, 9.17) is 16.0 Å². The molecule has 2 rings (SSSR count). The van der Waals surface area contributed by atoms with Crippen molar-refractivity contribution in [1.29, 1.82) is 0 Å². The van der Waals surface area contributed by atoms with Crippen LogP contribution in [0.4, 0.5) is 5.69 Å². The van der Waals surface area contributed by atoms with Crippen LogP contribution >= 0.6 is 11.6 Å². The van der Waals surface area contributed by atoms with E-state index in [9.17, 15) is 14.7 Å². The fourth-order valence-corrected chi connectivity index (χ4v) is 2.19. The summed E-state index contributed by atoms with van der Waals surface area (Å²) in [6.07, 6.45) is 1.30. The third-order valence-corrected chi connectivity index (χ3v) is 3.74. The summed E-state index contributed by atoms with van der Waals surface area (Å²) in [4.78, 5) is 23.3. The molecule has 1 heterocycles. The minimum absolute atomic E-state index is 0.206. The maximum Gasteiger partial charge on any atom is 0.321 e. The van der Waals surface area contributed by atoms with E-state index in [1.165, 1.54) is 6.26 Å². The molecule has 23 heavy (non-hydrogen) atoms. The Morgan fingerprint density at radius 3 is 2.74 bits per heavy atom. The first-order valence-corrected chi connectivity index (χ1v) is 7.38. The van der Waals surface area contributed by atoms with Crippen LogP contribution in [0.1, 0.15) is 17.7 Å². The Kier molecular flexibility index (Phi) is 5.78. The molecular weight excluding hydrogens is 320 g/mol. The van der Waals surface area contributed by atoms with E-state index in [1.807, 2.05) is 0 Å². The zero-order valence-corrected chi connectivity index (χ0v) is 13.3. The molecule has 0 saturated heterocycles. The standard InChI is InChI=1S/C16H17ClN2O4/c1-10-12(17)5-2-6-13(10)19-15(20)8-14(16(21)22)18-9-11-4-3-7-23-11/h2-7,14,18H,8-9H2,1H3,(H,19,20)(H,21,22)/t14-/m0/s1. The second-order valence-electron chi connectivity index (χ2n) is 5.02. The molecular formula is C16H17ClN2O4. The average molecular weight is 337 g/mol. The molecule has 2 aromatic rings. The summed E-state index contributed by atoms with van der Waals surface area (Å²) in [6, 6.07) is 7.57. The predicted octanol–water partition coefficient (Wildman–Crippen LogP) is 2.81. The summed E-state index contributed by atoms with van der Waals surface area (Å²) in [7, 11) is 0. The fraction of sp³-hybridized carbons (Fsp3) is 0.250. The van der Waals surface area contributed by atoms with Crippen molar-refractivity contribution in [3.8, 4) is 0 Å². The van der Waals surface area contributed by atoms with E-state index in [0.717, 1.165) is 5.56 Å². The van der Waals surface area contributed by atoms with Gasteiger partial charge in [0.2, 0.25) is 5.91 Å². The van der Waals surface area contributed by atoms with Gasteiger partial charge in [0.05, 0.1) is 19.2 Å². The highest BCUT2D eigenvalue weighted by Gasteiger charge is 2.21. The lowest BCUT2D eigenvalue weighted by atomic mass is 10.1. The monoisotopic (exact) mass is 336 g/mol. The maximum atomic E-state index is 12.1. The number of carboxylic acid groups (broad SMARTS) is 1. The first-order chi connectivity index (χ1) is 11.0. The van der Waals surface area contributed by atoms with E-state index >= 15 is 0 Å². The molecule has 0 aliphatic heterocycles. The minimum atomic E-state index is -1.10. The fourth-order valence-electron chi connectivity index (χ4n) is 2.01. The van der Waals surface area contributed by atoms with Crippen molar-refractivity contribution in [3.63, 3.8) is 0 Å². The van der Waals surface area contributed by atoms with Crippen molar-refractivity contribution < 1.29 is 19.1 Å². The molecule has 0 spiro atoms. The zero-order valence-electron chi connectivity index (χ0n) is 12.5. The van der Waals surface area contributed by atoms with Gasteiger partial charge >= 0.3 is 5.97 Å². The Hall–Kier alpha value is -2.31. The normalized spacial score (nSPS) is 11.9. The van der Waals surface area contributed by atoms with Crippen LogP contribution in [-0.2, 0) is 16.1 Å². The van der Waals surface area contributed by atoms with Crippen LogP contribution in [0, 0.1) is 6.92 Å². The predicted molar refractivity (Wildman–Crippen MR) is 86.4 cm³/mol. The third-order valence-electron chi connectivity index (χ3n) is 3.33. The van der Waals surface area contributed by atoms with Gasteiger partial charge in [0.25, 0.3) is 0 Å². The number of carboxylic acids is 1. The number of halogens is 1. The molecule has 0 unspecified atom stereocenters. The smallest absolute Gasteiger partial charge is 0.321 e. The number of carbonyl (C=O) groups excluding carboxylic acids is 1. The van der Waals surface area contributed by atoms with E-state index in [0.29, 0.717) is 16.5 Å². The first kappa shape index (κ1) is 17.1. The van der Waals surface area contributed by atoms with E-state index in [1.54, 1.807) is 37.3 Å². The summed E-state index contributed by atoms with van der Waals surface area (Å²) in [6.45, 7) is 2.01. The van der Waals surface area contributed by atoms with Gasteiger partial charge in [0.1, 0.15) is 11.8 Å². The minimum Gasteiger partial charge on any atom is -0.480 e. The van der Waals surface area contributed by atoms with E-state index in [-0.39, 0.29) is 13.0 Å². The number of nitrogens with one attached hydrogen (secondary N) is 2. The number of anilines is 1. The number of hydrogen-bond donors (Lipinski definition) is 3. The van der Waals surface area contributed by atoms with Crippen LogP contribution in [0.15, 0.2) is 41.0 Å². The van der Waals surface area contributed by atoms with Crippen LogP contribution in [0.3, 0.4) is 0 Å². The van der Waals surface area contributed by atoms with Gasteiger partial charge in [-0.05, 0) is 36.8 Å². The van der Waals surface area contributed by atoms with Crippen LogP contribution in [0.2, 0.25) is 5.02 Å². The third kappa shape index (κ3) is 4.84. The second kappa shape index (κ2) is 7.80. The molecule has 0 saturated carbocycles. The van der Waals surface area contributed by atoms with Crippen molar-refractivity contribution in [3.05, 3.63) is 52.9 Å². The molecule has 0 bridgehead atoms. The summed E-state index contributed by atoms with van der Waals surface area (Å²) >= 11 is 5.99. The molecule has 1 aromatic carbocycles. The zero-order chi connectivity index (χ0) is 16.8. The van der Waals surface area contributed by atoms with Crippen LogP contribution in [0.25, 0.3) is 0 Å². The Morgan fingerprint density at radius 1 is 1.30 bits per heavy atom. The first-order valence-electron chi connectivity index (χ1n) is 7.01. The Bertz CT molecular complexity index is 685. The molecule has 1 atom stereocenters. The van der Waals surface area contributed by atoms with Gasteiger partial charge in [-0.25, -0.2) is 0 Å². The highest BCUT2D eigenvalue weighted by molar-refractivity contribution is 6.31. The lowest BCUT2D eigenvalue weighted by Gasteiger charge is -2.14. The summed E-state index contributed by atoms with van der Waals surface area (Å²) in [5.74, 6) is -0.911. The van der Waals surface area contributed by atoms with Crippen molar-refractivity contribution in [2.24, 2.45) is 0 Å². The molecule has 7 heteroatoms. The number of hydrogen-bond acceptors (Lipinski definition) is 4. The number of amides is 1. The number of furan rings is 1. The molecule has 0 fully saturated rings. The van der Waals surface area contributed by atoms with Gasteiger partial charge in [-0.1, -0.05) is 17.7 Å². The molecule has 3 N–H and O–H groups in total. The Labute approximate surface area is 138 Å². The SMILES string of the molecule is Cc1c(Cl)cccc1NC(=O)C[C@H](NCc1ccco1)C(=O)O. The average Bonchev–Trinajstić information content (AvgIpc) is 3.01. The van der Waals surface area contributed by atoms with E-state index in [2.05, 4.69) is 10.6 Å². The van der Waals surface area contributed by atoms with Gasteiger partial charge in [-0.3, -0.25) is 14.9 Å². The second-order valence-corrected chi connectivity index (χ2v) is 5.42. The van der Waals surface area contributed by atoms with Gasteiger partial charge < -0.3 is 14.8 Å². The lowest BCUT2D eigenvalue weighted by molar-refractivity contribution is -0.141. The highest BCUT2D eigenvalue weighted by atomic mass is 35.5. The molecule has 1 aromatic heterocycles. The molecule has 0 aliphatic carbocycles. The molecule has 0 aliphatic rings. The number of carbonyl (C=O) groups is 2. The number of benzene rings is 1. The van der Waals surface area contributed by atoms with Crippen molar-refractivity contribution in [1.82, 2.24) is 5.32 Å². The quantitative estimate of drug-likeness (QED) is 0.723. The number of aliphatic carboxylic acids is 1. The largest absolute Gasteiger partial charge is 0.480 e. The van der Waals surface area contributed by atoms with Crippen molar-refractivity contribution >= 4 is 29.2 Å². The number of rotatable bonds is 7. The Balaban J connectivity index is 1.95. The topological polar surface area (TPSA) is 91.6 Å². The molecule has 0 radical (unpaired) electrons. The summed E-state index contributed by atoms with van der Waals surface area (Å²) in [5, 5.41) is 15.2. The maximum absolute atomic E-state index is 12.1. The Morgan fingerprint density at radius 2 is 2.09 bits per heavy atom. The van der Waals surface area contributed by atoms with Gasteiger partial charge in [-0.15, -0.1) is 0 Å². The van der Waals surface area contributed by atoms with Gasteiger partial charge in [-0.2, -0.15) is 0 Å². The molecule has 122 valence electrons. The molecule has 6 nitrogen and oxygen atoms in total. The lowest BCUT2D eigenvalue weighted by Crippen LogP contribution is -2.39. The highest BCUT2D eigenvalue weighted by Crippen LogP contribution is 2.23. The van der Waals surface area contributed by atoms with E-state index < -0.39 is 17.9 Å². The summed E-state index contributed by atoms with van der Waals surface area (Å²) < 4.78 is 5.12. The van der Waals surface area contributed by atoms with Crippen LogP contribution in [-0.4, -0.2) is 23.0 Å². The van der Waals surface area contributed by atoms with Gasteiger partial charge in [0.15, 0.2) is 0 Å². The van der Waals surface area contributed by atoms with Crippen LogP contribution in [0.5, 0.6) is 0 Å². The van der Waals surface area contributed by atoms with Gasteiger partial charge in [0, 0.05) is 10.7 Å².